The standard InChI is InChI=1S/C19H16FNO2S/c20-15-8-6-14(7-9-15)17-12-19(10-11-19)13-18(17)21-24(22,23)16-4-2-1-3-5-16/h1-9,12-13,21H,10-11H2. The average molecular weight is 341 g/mol. The van der Waals surface area contributed by atoms with Crippen LogP contribution in [-0.2, 0) is 10.0 Å². The average Bonchev–Trinajstić information content (AvgIpc) is 3.23. The quantitative estimate of drug-likeness (QED) is 0.918. The highest BCUT2D eigenvalue weighted by molar-refractivity contribution is 7.89. The van der Waals surface area contributed by atoms with Crippen LogP contribution in [0.25, 0.3) is 5.57 Å². The second kappa shape index (κ2) is 5.31. The van der Waals surface area contributed by atoms with Crippen molar-refractivity contribution in [3.8, 4) is 0 Å². The van der Waals surface area contributed by atoms with Gasteiger partial charge in [-0.25, -0.2) is 12.8 Å². The highest BCUT2D eigenvalue weighted by Crippen LogP contribution is 2.55. The number of rotatable bonds is 4. The molecular weight excluding hydrogens is 325 g/mol. The fourth-order valence-electron chi connectivity index (χ4n) is 2.96. The summed E-state index contributed by atoms with van der Waals surface area (Å²) in [5.74, 6) is -0.311. The van der Waals surface area contributed by atoms with Gasteiger partial charge in [0, 0.05) is 11.0 Å². The van der Waals surface area contributed by atoms with Gasteiger partial charge < -0.3 is 0 Å². The molecule has 122 valence electrons. The second-order valence-corrected chi connectivity index (χ2v) is 7.96. The predicted octanol–water partition coefficient (Wildman–Crippen LogP) is 3.87. The summed E-state index contributed by atoms with van der Waals surface area (Å²) in [6, 6.07) is 14.4. The normalized spacial score (nSPS) is 18.2. The molecule has 0 radical (unpaired) electrons. The molecule has 0 bridgehead atoms. The van der Waals surface area contributed by atoms with E-state index in [1.165, 1.54) is 12.1 Å². The van der Waals surface area contributed by atoms with Crippen LogP contribution in [0.4, 0.5) is 4.39 Å². The first-order chi connectivity index (χ1) is 11.5. The summed E-state index contributed by atoms with van der Waals surface area (Å²) in [5.41, 5.74) is 2.15. The van der Waals surface area contributed by atoms with Crippen LogP contribution in [0, 0.1) is 11.2 Å². The van der Waals surface area contributed by atoms with E-state index in [1.807, 2.05) is 6.08 Å². The van der Waals surface area contributed by atoms with Crippen molar-refractivity contribution in [1.82, 2.24) is 4.72 Å². The lowest BCUT2D eigenvalue weighted by Crippen LogP contribution is -2.23. The van der Waals surface area contributed by atoms with Crippen molar-refractivity contribution in [3.05, 3.63) is 83.8 Å². The zero-order valence-electron chi connectivity index (χ0n) is 12.9. The Morgan fingerprint density at radius 2 is 1.58 bits per heavy atom. The summed E-state index contributed by atoms with van der Waals surface area (Å²) in [6.07, 6.45) is 6.08. The lowest BCUT2D eigenvalue weighted by Gasteiger charge is -2.13. The van der Waals surface area contributed by atoms with E-state index < -0.39 is 10.0 Å². The maximum absolute atomic E-state index is 13.2. The van der Waals surface area contributed by atoms with Gasteiger partial charge in [-0.15, -0.1) is 0 Å². The Hall–Kier alpha value is -2.40. The largest absolute Gasteiger partial charge is 0.279 e. The van der Waals surface area contributed by atoms with Crippen molar-refractivity contribution in [1.29, 1.82) is 0 Å². The van der Waals surface area contributed by atoms with Gasteiger partial charge in [-0.1, -0.05) is 36.4 Å². The fourth-order valence-corrected chi connectivity index (χ4v) is 4.05. The zero-order valence-corrected chi connectivity index (χ0v) is 13.7. The molecule has 0 heterocycles. The van der Waals surface area contributed by atoms with Crippen molar-refractivity contribution in [2.24, 2.45) is 5.41 Å². The topological polar surface area (TPSA) is 46.2 Å². The van der Waals surface area contributed by atoms with Crippen molar-refractivity contribution >= 4 is 15.6 Å². The molecule has 2 aliphatic rings. The van der Waals surface area contributed by atoms with Crippen LogP contribution in [0.1, 0.15) is 18.4 Å². The SMILES string of the molecule is O=S(=O)(NC1=CC2(C=C1c1ccc(F)cc1)CC2)c1ccccc1. The second-order valence-electron chi connectivity index (χ2n) is 6.27. The van der Waals surface area contributed by atoms with Gasteiger partial charge in [0.05, 0.1) is 10.6 Å². The third-order valence-corrected chi connectivity index (χ3v) is 5.82. The van der Waals surface area contributed by atoms with Crippen LogP contribution in [0.3, 0.4) is 0 Å². The first kappa shape index (κ1) is 15.1. The molecule has 0 aliphatic heterocycles. The van der Waals surface area contributed by atoms with Gasteiger partial charge in [0.15, 0.2) is 0 Å². The first-order valence-corrected chi connectivity index (χ1v) is 9.26. The molecule has 1 saturated carbocycles. The monoisotopic (exact) mass is 341 g/mol. The lowest BCUT2D eigenvalue weighted by molar-refractivity contribution is 0.589. The molecule has 24 heavy (non-hydrogen) atoms. The molecule has 5 heteroatoms. The van der Waals surface area contributed by atoms with Crippen molar-refractivity contribution in [3.63, 3.8) is 0 Å². The maximum atomic E-state index is 13.2. The minimum atomic E-state index is -3.65. The zero-order chi connectivity index (χ0) is 16.8. The molecule has 1 fully saturated rings. The van der Waals surface area contributed by atoms with Gasteiger partial charge in [0.2, 0.25) is 0 Å². The predicted molar refractivity (Wildman–Crippen MR) is 90.9 cm³/mol. The van der Waals surface area contributed by atoms with Gasteiger partial charge >= 0.3 is 0 Å². The molecular formula is C19H16FNO2S. The van der Waals surface area contributed by atoms with E-state index in [1.54, 1.807) is 42.5 Å². The third-order valence-electron chi connectivity index (χ3n) is 4.43. The third kappa shape index (κ3) is 2.76. The molecule has 2 aromatic carbocycles. The molecule has 0 unspecified atom stereocenters. The summed E-state index contributed by atoms with van der Waals surface area (Å²) >= 11 is 0. The Labute approximate surface area is 140 Å². The molecule has 4 rings (SSSR count). The van der Waals surface area contributed by atoms with Gasteiger partial charge in [-0.2, -0.15) is 0 Å². The van der Waals surface area contributed by atoms with E-state index in [0.717, 1.165) is 24.0 Å². The molecule has 0 aromatic heterocycles. The molecule has 3 nitrogen and oxygen atoms in total. The highest BCUT2D eigenvalue weighted by atomic mass is 32.2. The van der Waals surface area contributed by atoms with E-state index in [4.69, 9.17) is 0 Å². The first-order valence-electron chi connectivity index (χ1n) is 7.77. The minimum Gasteiger partial charge on any atom is -0.279 e. The fraction of sp³-hybridized carbons (Fsp3) is 0.158. The van der Waals surface area contributed by atoms with E-state index in [0.29, 0.717) is 5.70 Å². The van der Waals surface area contributed by atoms with Crippen LogP contribution in [0.2, 0.25) is 0 Å². The van der Waals surface area contributed by atoms with Crippen LogP contribution in [-0.4, -0.2) is 8.42 Å². The van der Waals surface area contributed by atoms with Gasteiger partial charge in [-0.05, 0) is 48.7 Å². The van der Waals surface area contributed by atoms with Crippen molar-refractivity contribution in [2.75, 3.05) is 0 Å². The van der Waals surface area contributed by atoms with Crippen molar-refractivity contribution in [2.45, 2.75) is 17.7 Å². The van der Waals surface area contributed by atoms with Crippen LogP contribution < -0.4 is 4.72 Å². The number of hydrogen-bond donors (Lipinski definition) is 1. The van der Waals surface area contributed by atoms with Crippen LogP contribution >= 0.6 is 0 Å². The summed E-state index contributed by atoms with van der Waals surface area (Å²) in [4.78, 5) is 0.223. The van der Waals surface area contributed by atoms with E-state index in [-0.39, 0.29) is 16.1 Å². The highest BCUT2D eigenvalue weighted by Gasteiger charge is 2.43. The summed E-state index contributed by atoms with van der Waals surface area (Å²) in [6.45, 7) is 0. The molecule has 0 atom stereocenters. The Balaban J connectivity index is 1.69. The van der Waals surface area contributed by atoms with E-state index in [9.17, 15) is 12.8 Å². The number of hydrogen-bond acceptors (Lipinski definition) is 2. The van der Waals surface area contributed by atoms with Crippen molar-refractivity contribution < 1.29 is 12.8 Å². The van der Waals surface area contributed by atoms with Crippen LogP contribution in [0.5, 0.6) is 0 Å². The molecule has 2 aromatic rings. The number of sulfonamides is 1. The van der Waals surface area contributed by atoms with Gasteiger partial charge in [0.25, 0.3) is 10.0 Å². The number of nitrogens with one attached hydrogen (secondary N) is 1. The van der Waals surface area contributed by atoms with E-state index in [2.05, 4.69) is 10.8 Å². The van der Waals surface area contributed by atoms with Crippen LogP contribution in [0.15, 0.2) is 77.3 Å². The number of halogens is 1. The Kier molecular flexibility index (Phi) is 3.35. The summed E-state index contributed by atoms with van der Waals surface area (Å²) in [7, 11) is -3.65. The lowest BCUT2D eigenvalue weighted by atomic mass is 10.0. The Morgan fingerprint density at radius 1 is 0.917 bits per heavy atom. The van der Waals surface area contributed by atoms with E-state index >= 15 is 0 Å². The summed E-state index contributed by atoms with van der Waals surface area (Å²) in [5, 5.41) is 0. The maximum Gasteiger partial charge on any atom is 0.261 e. The smallest absolute Gasteiger partial charge is 0.261 e. The molecule has 0 saturated heterocycles. The Morgan fingerprint density at radius 3 is 2.21 bits per heavy atom. The molecule has 1 spiro atoms. The molecule has 2 aliphatic carbocycles. The number of allylic oxidation sites excluding steroid dienone is 3. The van der Waals surface area contributed by atoms with Gasteiger partial charge in [-0.3, -0.25) is 4.72 Å². The molecule has 0 amide bonds. The van der Waals surface area contributed by atoms with Gasteiger partial charge in [0.1, 0.15) is 5.82 Å². The summed E-state index contributed by atoms with van der Waals surface area (Å²) < 4.78 is 41.1. The Bertz CT molecular complexity index is 941. The number of benzene rings is 2. The minimum absolute atomic E-state index is 0.0434. The molecule has 1 N–H and O–H groups in total.